The summed E-state index contributed by atoms with van der Waals surface area (Å²) in [5.74, 6) is 1.11. The minimum atomic E-state index is 0.209. The van der Waals surface area contributed by atoms with E-state index >= 15 is 0 Å². The lowest BCUT2D eigenvalue weighted by molar-refractivity contribution is -0.122. The molecule has 1 rings (SSSR count). The number of carbonyl (C=O) groups is 1. The molecule has 1 fully saturated rings. The molecule has 0 aromatic heterocycles. The summed E-state index contributed by atoms with van der Waals surface area (Å²) in [5.41, 5.74) is 0.209. The van der Waals surface area contributed by atoms with Crippen LogP contribution in [0.3, 0.4) is 0 Å². The Balaban J connectivity index is 2.44. The molecular weight excluding hydrogens is 284 g/mol. The second kappa shape index (κ2) is 11.2. The van der Waals surface area contributed by atoms with E-state index in [9.17, 15) is 4.79 Å². The molecule has 0 unspecified atom stereocenters. The Bertz CT molecular complexity index is 311. The number of rotatable bonds is 12. The van der Waals surface area contributed by atoms with Crippen molar-refractivity contribution in [2.75, 3.05) is 6.61 Å². The van der Waals surface area contributed by atoms with Gasteiger partial charge < -0.3 is 9.53 Å². The van der Waals surface area contributed by atoms with E-state index < -0.39 is 0 Å². The molecule has 0 radical (unpaired) electrons. The molecule has 23 heavy (non-hydrogen) atoms. The number of carbonyl (C=O) groups excluding carboxylic acids is 1. The number of hydrogen-bond acceptors (Lipinski definition) is 2. The maximum atomic E-state index is 11.2. The van der Waals surface area contributed by atoms with Crippen molar-refractivity contribution < 1.29 is 9.53 Å². The van der Waals surface area contributed by atoms with Crippen molar-refractivity contribution in [2.24, 2.45) is 17.3 Å². The van der Waals surface area contributed by atoms with Crippen LogP contribution in [0, 0.1) is 17.3 Å². The number of hydrogen-bond donors (Lipinski definition) is 0. The Morgan fingerprint density at radius 2 is 1.70 bits per heavy atom. The Hall–Kier alpha value is -0.370. The third-order valence-corrected chi connectivity index (χ3v) is 5.82. The average molecular weight is 325 g/mol. The molecule has 0 saturated heterocycles. The maximum Gasteiger partial charge on any atom is 0.120 e. The summed E-state index contributed by atoms with van der Waals surface area (Å²) in [7, 11) is 0. The zero-order valence-corrected chi connectivity index (χ0v) is 16.1. The molecule has 2 heteroatoms. The van der Waals surface area contributed by atoms with Crippen LogP contribution in [0.15, 0.2) is 0 Å². The van der Waals surface area contributed by atoms with Crippen molar-refractivity contribution in [3.8, 4) is 0 Å². The third kappa shape index (κ3) is 6.95. The van der Waals surface area contributed by atoms with Gasteiger partial charge in [-0.2, -0.15) is 0 Å². The van der Waals surface area contributed by atoms with Crippen LogP contribution in [0.1, 0.15) is 98.3 Å². The van der Waals surface area contributed by atoms with Crippen LogP contribution in [-0.4, -0.2) is 19.0 Å². The topological polar surface area (TPSA) is 26.3 Å². The molecule has 1 aliphatic rings. The number of aldehydes is 1. The lowest BCUT2D eigenvalue weighted by atomic mass is 9.63. The van der Waals surface area contributed by atoms with Gasteiger partial charge in [0, 0.05) is 13.0 Å². The summed E-state index contributed by atoms with van der Waals surface area (Å²) >= 11 is 0. The summed E-state index contributed by atoms with van der Waals surface area (Å²) in [4.78, 5) is 11.2. The first kappa shape index (κ1) is 20.7. The van der Waals surface area contributed by atoms with Gasteiger partial charge in [0.2, 0.25) is 0 Å². The lowest BCUT2D eigenvalue weighted by Crippen LogP contribution is -2.46. The van der Waals surface area contributed by atoms with E-state index in [0.717, 1.165) is 12.9 Å². The first-order valence-corrected chi connectivity index (χ1v) is 10.1. The van der Waals surface area contributed by atoms with E-state index in [-0.39, 0.29) is 11.5 Å². The van der Waals surface area contributed by atoms with Crippen LogP contribution >= 0.6 is 0 Å². The van der Waals surface area contributed by atoms with E-state index in [4.69, 9.17) is 4.74 Å². The van der Waals surface area contributed by atoms with Gasteiger partial charge in [0.15, 0.2) is 0 Å². The molecule has 2 nitrogen and oxygen atoms in total. The lowest BCUT2D eigenvalue weighted by Gasteiger charge is -2.47. The molecule has 136 valence electrons. The number of ether oxygens (including phenoxy) is 1. The minimum absolute atomic E-state index is 0.209. The van der Waals surface area contributed by atoms with E-state index in [1.165, 1.54) is 64.2 Å². The molecule has 1 saturated carbocycles. The van der Waals surface area contributed by atoms with Crippen molar-refractivity contribution >= 4 is 6.29 Å². The standard InChI is InChI=1S/C21H40O2/c1-5-7-8-9-10-11-12-13-18-14-16-21(3,4)20(23-6-2)19(18)15-17-22/h17-20H,5-16H2,1-4H3/t18-,19-,20-/m1/s1. The van der Waals surface area contributed by atoms with Crippen molar-refractivity contribution in [1.82, 2.24) is 0 Å². The highest BCUT2D eigenvalue weighted by Crippen LogP contribution is 2.46. The van der Waals surface area contributed by atoms with Gasteiger partial charge in [-0.15, -0.1) is 0 Å². The second-order valence-corrected chi connectivity index (χ2v) is 8.14. The van der Waals surface area contributed by atoms with E-state index in [1.54, 1.807) is 0 Å². The molecule has 0 aliphatic heterocycles. The molecule has 1 aliphatic carbocycles. The van der Waals surface area contributed by atoms with Crippen LogP contribution in [0.25, 0.3) is 0 Å². The maximum absolute atomic E-state index is 11.2. The van der Waals surface area contributed by atoms with Gasteiger partial charge in [-0.1, -0.05) is 72.1 Å². The summed E-state index contributed by atoms with van der Waals surface area (Å²) in [5, 5.41) is 0. The Morgan fingerprint density at radius 1 is 1.04 bits per heavy atom. The fraction of sp³-hybridized carbons (Fsp3) is 0.952. The molecule has 0 amide bonds. The highest BCUT2D eigenvalue weighted by Gasteiger charge is 2.43. The minimum Gasteiger partial charge on any atom is -0.378 e. The molecule has 0 aromatic carbocycles. The van der Waals surface area contributed by atoms with Gasteiger partial charge in [-0.3, -0.25) is 0 Å². The largest absolute Gasteiger partial charge is 0.378 e. The van der Waals surface area contributed by atoms with Crippen molar-refractivity contribution in [2.45, 2.75) is 104 Å². The van der Waals surface area contributed by atoms with E-state index in [1.807, 2.05) is 0 Å². The molecule has 0 bridgehead atoms. The molecule has 3 atom stereocenters. The second-order valence-electron chi connectivity index (χ2n) is 8.14. The quantitative estimate of drug-likeness (QED) is 0.317. The third-order valence-electron chi connectivity index (χ3n) is 5.82. The average Bonchev–Trinajstić information content (AvgIpc) is 2.52. The molecule has 0 aromatic rings. The smallest absolute Gasteiger partial charge is 0.120 e. The van der Waals surface area contributed by atoms with Crippen LogP contribution in [0.2, 0.25) is 0 Å². The zero-order valence-electron chi connectivity index (χ0n) is 16.1. The zero-order chi connectivity index (χ0) is 17.1. The summed E-state index contributed by atoms with van der Waals surface area (Å²) in [6.45, 7) is 9.73. The molecule has 0 spiro atoms. The van der Waals surface area contributed by atoms with Crippen molar-refractivity contribution in [1.29, 1.82) is 0 Å². The van der Waals surface area contributed by atoms with Gasteiger partial charge in [-0.05, 0) is 37.0 Å². The summed E-state index contributed by atoms with van der Waals surface area (Å²) in [6.07, 6.45) is 15.4. The predicted octanol–water partition coefficient (Wildman–Crippen LogP) is 6.17. The first-order valence-electron chi connectivity index (χ1n) is 10.1. The molecular formula is C21H40O2. The highest BCUT2D eigenvalue weighted by atomic mass is 16.5. The van der Waals surface area contributed by atoms with Gasteiger partial charge >= 0.3 is 0 Å². The van der Waals surface area contributed by atoms with Crippen LogP contribution in [-0.2, 0) is 9.53 Å². The van der Waals surface area contributed by atoms with Gasteiger partial charge in [-0.25, -0.2) is 0 Å². The normalized spacial score (nSPS) is 27.0. The molecule has 0 N–H and O–H groups in total. The fourth-order valence-electron chi connectivity index (χ4n) is 4.42. The Morgan fingerprint density at radius 3 is 2.30 bits per heavy atom. The highest BCUT2D eigenvalue weighted by molar-refractivity contribution is 5.50. The number of unbranched alkanes of at least 4 members (excludes halogenated alkanes) is 6. The van der Waals surface area contributed by atoms with Crippen molar-refractivity contribution in [3.63, 3.8) is 0 Å². The van der Waals surface area contributed by atoms with Crippen LogP contribution in [0.4, 0.5) is 0 Å². The monoisotopic (exact) mass is 324 g/mol. The summed E-state index contributed by atoms with van der Waals surface area (Å²) in [6, 6.07) is 0. The first-order chi connectivity index (χ1) is 11.1. The Kier molecular flexibility index (Phi) is 10.1. The van der Waals surface area contributed by atoms with Crippen LogP contribution in [0.5, 0.6) is 0 Å². The van der Waals surface area contributed by atoms with E-state index in [0.29, 0.717) is 18.3 Å². The fourth-order valence-corrected chi connectivity index (χ4v) is 4.42. The van der Waals surface area contributed by atoms with Gasteiger partial charge in [0.25, 0.3) is 0 Å². The SMILES string of the molecule is CCCCCCCCC[C@@H]1CCC(C)(C)[C@H](OCC)[C@@H]1CC=O. The van der Waals surface area contributed by atoms with E-state index in [2.05, 4.69) is 27.7 Å². The van der Waals surface area contributed by atoms with Crippen molar-refractivity contribution in [3.05, 3.63) is 0 Å². The van der Waals surface area contributed by atoms with Crippen LogP contribution < -0.4 is 0 Å². The molecule has 0 heterocycles. The summed E-state index contributed by atoms with van der Waals surface area (Å²) < 4.78 is 6.11. The van der Waals surface area contributed by atoms with Gasteiger partial charge in [0.05, 0.1) is 6.10 Å². The Labute approximate surface area is 144 Å². The predicted molar refractivity (Wildman–Crippen MR) is 98.7 cm³/mol. The van der Waals surface area contributed by atoms with Gasteiger partial charge in [0.1, 0.15) is 6.29 Å².